The van der Waals surface area contributed by atoms with Crippen LogP contribution in [0.15, 0.2) is 16.7 Å². The average Bonchev–Trinajstić information content (AvgIpc) is 3.18. The van der Waals surface area contributed by atoms with Gasteiger partial charge in [0.1, 0.15) is 0 Å². The molecule has 2 fully saturated rings. The third kappa shape index (κ3) is 3.67. The second-order valence-electron chi connectivity index (χ2n) is 6.24. The summed E-state index contributed by atoms with van der Waals surface area (Å²) in [6, 6.07) is 0.551. The number of nitrogens with zero attached hydrogens (tertiary/aromatic N) is 3. The first-order valence-electron chi connectivity index (χ1n) is 7.63. The van der Waals surface area contributed by atoms with Crippen molar-refractivity contribution < 1.29 is 4.52 Å². The molecule has 2 aliphatic rings. The second kappa shape index (κ2) is 6.06. The van der Waals surface area contributed by atoms with Gasteiger partial charge in [0.15, 0.2) is 5.82 Å². The molecule has 0 amide bonds. The zero-order valence-electron chi connectivity index (χ0n) is 12.3. The number of aromatic nitrogens is 2. The van der Waals surface area contributed by atoms with Crippen LogP contribution >= 0.6 is 0 Å². The lowest BCUT2D eigenvalue weighted by atomic mass is 10.1. The number of likely N-dealkylation sites (tertiary alicyclic amines) is 1. The van der Waals surface area contributed by atoms with Crippen molar-refractivity contribution in [3.63, 3.8) is 0 Å². The molecule has 0 spiro atoms. The molecule has 1 aliphatic carbocycles. The Morgan fingerprint density at radius 2 is 2.30 bits per heavy atom. The normalized spacial score (nSPS) is 23.9. The van der Waals surface area contributed by atoms with E-state index in [1.165, 1.54) is 31.3 Å². The number of nitrogens with one attached hydrogen (secondary N) is 1. The summed E-state index contributed by atoms with van der Waals surface area (Å²) in [6.07, 6.45) is 4.88. The first-order chi connectivity index (χ1) is 9.70. The largest absolute Gasteiger partial charge is 0.339 e. The van der Waals surface area contributed by atoms with Crippen LogP contribution in [0, 0.1) is 0 Å². The van der Waals surface area contributed by atoms with E-state index in [1.54, 1.807) is 0 Å². The van der Waals surface area contributed by atoms with E-state index in [0.29, 0.717) is 12.0 Å². The van der Waals surface area contributed by atoms with Gasteiger partial charge in [-0.25, -0.2) is 0 Å². The molecule has 0 bridgehead atoms. The lowest BCUT2D eigenvalue weighted by Crippen LogP contribution is -2.45. The first-order valence-corrected chi connectivity index (χ1v) is 7.63. The molecule has 5 heteroatoms. The van der Waals surface area contributed by atoms with E-state index in [2.05, 4.69) is 33.9 Å². The van der Waals surface area contributed by atoms with Gasteiger partial charge < -0.3 is 9.84 Å². The van der Waals surface area contributed by atoms with Crippen LogP contribution in [0.1, 0.15) is 50.2 Å². The standard InChI is InChI=1S/C15H24N4O/c1-11(2)8-16-13-4-3-7-19(9-13)10-14-17-15(20-18-14)12-5-6-12/h12-13,16H,1,3-10H2,2H3/t13-/m1/s1. The van der Waals surface area contributed by atoms with Gasteiger partial charge in [-0.1, -0.05) is 17.3 Å². The van der Waals surface area contributed by atoms with Gasteiger partial charge in [0.2, 0.25) is 5.89 Å². The fourth-order valence-electron chi connectivity index (χ4n) is 2.71. The van der Waals surface area contributed by atoms with Gasteiger partial charge in [0.05, 0.1) is 6.54 Å². The number of rotatable bonds is 6. The smallest absolute Gasteiger partial charge is 0.229 e. The first kappa shape index (κ1) is 13.8. The molecule has 1 saturated heterocycles. The van der Waals surface area contributed by atoms with E-state index in [-0.39, 0.29) is 0 Å². The summed E-state index contributed by atoms with van der Waals surface area (Å²) in [5.41, 5.74) is 1.19. The maximum absolute atomic E-state index is 5.32. The predicted molar refractivity (Wildman–Crippen MR) is 77.4 cm³/mol. The molecular weight excluding hydrogens is 252 g/mol. The van der Waals surface area contributed by atoms with E-state index >= 15 is 0 Å². The van der Waals surface area contributed by atoms with E-state index in [9.17, 15) is 0 Å². The Hall–Kier alpha value is -1.20. The molecule has 1 aromatic heterocycles. The van der Waals surface area contributed by atoms with Crippen LogP contribution in [0.2, 0.25) is 0 Å². The molecule has 1 aromatic rings. The van der Waals surface area contributed by atoms with Gasteiger partial charge >= 0.3 is 0 Å². The monoisotopic (exact) mass is 276 g/mol. The Labute approximate surface area is 120 Å². The molecule has 1 atom stereocenters. The van der Waals surface area contributed by atoms with Crippen molar-refractivity contribution in [2.45, 2.75) is 51.1 Å². The van der Waals surface area contributed by atoms with Gasteiger partial charge in [-0.05, 0) is 39.2 Å². The van der Waals surface area contributed by atoms with Crippen LogP contribution in [0.25, 0.3) is 0 Å². The molecule has 5 nitrogen and oxygen atoms in total. The predicted octanol–water partition coefficient (Wildman–Crippen LogP) is 2.08. The summed E-state index contributed by atoms with van der Waals surface area (Å²) < 4.78 is 5.32. The number of piperidine rings is 1. The summed E-state index contributed by atoms with van der Waals surface area (Å²) in [5, 5.41) is 7.67. The topological polar surface area (TPSA) is 54.2 Å². The van der Waals surface area contributed by atoms with Crippen LogP contribution < -0.4 is 5.32 Å². The van der Waals surface area contributed by atoms with Gasteiger partial charge in [-0.3, -0.25) is 4.90 Å². The van der Waals surface area contributed by atoms with Crippen LogP contribution in [-0.4, -0.2) is 40.7 Å². The quantitative estimate of drug-likeness (QED) is 0.806. The number of hydrogen-bond donors (Lipinski definition) is 1. The second-order valence-corrected chi connectivity index (χ2v) is 6.24. The summed E-state index contributed by atoms with van der Waals surface area (Å²) in [7, 11) is 0. The Bertz CT molecular complexity index is 466. The molecule has 3 rings (SSSR count). The fraction of sp³-hybridized carbons (Fsp3) is 0.733. The zero-order chi connectivity index (χ0) is 13.9. The maximum Gasteiger partial charge on any atom is 0.229 e. The molecule has 110 valence electrons. The van der Waals surface area contributed by atoms with Crippen molar-refractivity contribution in [2.24, 2.45) is 0 Å². The average molecular weight is 276 g/mol. The summed E-state index contributed by atoms with van der Waals surface area (Å²) in [4.78, 5) is 6.93. The van der Waals surface area contributed by atoms with Crippen LogP contribution in [0.4, 0.5) is 0 Å². The summed E-state index contributed by atoms with van der Waals surface area (Å²) >= 11 is 0. The molecule has 1 saturated carbocycles. The third-order valence-electron chi connectivity index (χ3n) is 3.97. The third-order valence-corrected chi connectivity index (χ3v) is 3.97. The molecule has 1 N–H and O–H groups in total. The van der Waals surface area contributed by atoms with Crippen molar-refractivity contribution in [3.05, 3.63) is 23.9 Å². The molecule has 2 heterocycles. The molecule has 1 aliphatic heterocycles. The number of hydrogen-bond acceptors (Lipinski definition) is 5. The van der Waals surface area contributed by atoms with Gasteiger partial charge in [0, 0.05) is 25.0 Å². The minimum atomic E-state index is 0.544. The van der Waals surface area contributed by atoms with Gasteiger partial charge in [0.25, 0.3) is 0 Å². The molecule has 0 radical (unpaired) electrons. The van der Waals surface area contributed by atoms with Crippen LogP contribution in [0.5, 0.6) is 0 Å². The highest BCUT2D eigenvalue weighted by Gasteiger charge is 2.30. The van der Waals surface area contributed by atoms with Crippen LogP contribution in [0.3, 0.4) is 0 Å². The van der Waals surface area contributed by atoms with Gasteiger partial charge in [-0.15, -0.1) is 0 Å². The highest BCUT2D eigenvalue weighted by Crippen LogP contribution is 2.38. The maximum atomic E-state index is 5.32. The van der Waals surface area contributed by atoms with Crippen molar-refractivity contribution in [2.75, 3.05) is 19.6 Å². The summed E-state index contributed by atoms with van der Waals surface area (Å²) in [5.74, 6) is 2.23. The van der Waals surface area contributed by atoms with Crippen LogP contribution in [-0.2, 0) is 6.54 Å². The lowest BCUT2D eigenvalue weighted by Gasteiger charge is -2.32. The van der Waals surface area contributed by atoms with Crippen molar-refractivity contribution in [1.82, 2.24) is 20.4 Å². The lowest BCUT2D eigenvalue weighted by molar-refractivity contribution is 0.179. The van der Waals surface area contributed by atoms with Crippen molar-refractivity contribution >= 4 is 0 Å². The Balaban J connectivity index is 1.49. The zero-order valence-corrected chi connectivity index (χ0v) is 12.3. The molecular formula is C15H24N4O. The minimum Gasteiger partial charge on any atom is -0.339 e. The molecule has 0 unspecified atom stereocenters. The van der Waals surface area contributed by atoms with Crippen molar-refractivity contribution in [3.8, 4) is 0 Å². The fourth-order valence-corrected chi connectivity index (χ4v) is 2.71. The van der Waals surface area contributed by atoms with Gasteiger partial charge in [-0.2, -0.15) is 4.98 Å². The minimum absolute atomic E-state index is 0.544. The Morgan fingerprint density at radius 1 is 1.45 bits per heavy atom. The Kier molecular flexibility index (Phi) is 4.17. The highest BCUT2D eigenvalue weighted by atomic mass is 16.5. The Morgan fingerprint density at radius 3 is 3.05 bits per heavy atom. The van der Waals surface area contributed by atoms with E-state index in [0.717, 1.165) is 37.9 Å². The van der Waals surface area contributed by atoms with E-state index in [1.807, 2.05) is 0 Å². The molecule has 20 heavy (non-hydrogen) atoms. The highest BCUT2D eigenvalue weighted by molar-refractivity contribution is 5.02. The summed E-state index contributed by atoms with van der Waals surface area (Å²) in [6.45, 7) is 9.90. The van der Waals surface area contributed by atoms with E-state index in [4.69, 9.17) is 4.52 Å². The van der Waals surface area contributed by atoms with Crippen molar-refractivity contribution in [1.29, 1.82) is 0 Å². The van der Waals surface area contributed by atoms with E-state index < -0.39 is 0 Å². The molecule has 0 aromatic carbocycles. The SMILES string of the molecule is C=C(C)CN[C@@H]1CCCN(Cc2noc(C3CC3)n2)C1.